The Morgan fingerprint density at radius 1 is 1.46 bits per heavy atom. The van der Waals surface area contributed by atoms with E-state index in [0.29, 0.717) is 5.03 Å². The average Bonchev–Trinajstić information content (AvgIpc) is 2.28. The third-order valence-corrected chi connectivity index (χ3v) is 2.79. The minimum atomic E-state index is -1.38. The quantitative estimate of drug-likeness (QED) is 0.351. The number of hydrogen-bond acceptors (Lipinski definition) is 3. The van der Waals surface area contributed by atoms with Crippen LogP contribution in [0.25, 0.3) is 0 Å². The fourth-order valence-corrected chi connectivity index (χ4v) is 1.75. The van der Waals surface area contributed by atoms with E-state index in [1.807, 2.05) is 0 Å². The normalized spacial score (nSPS) is 37.1. The van der Waals surface area contributed by atoms with E-state index in [1.54, 1.807) is 0 Å². The molecular weight excluding hydrogens is 215 g/mol. The Bertz CT molecular complexity index is 358. The predicted octanol–water partition coefficient (Wildman–Crippen LogP) is 1.36. The first-order valence-corrected chi connectivity index (χ1v) is 4.31. The van der Waals surface area contributed by atoms with Crippen LogP contribution >= 0.6 is 23.2 Å². The summed E-state index contributed by atoms with van der Waals surface area (Å²) in [6.07, 6.45) is 4.28. The van der Waals surface area contributed by atoms with Crippen molar-refractivity contribution >= 4 is 35.1 Å². The third-order valence-electron chi connectivity index (χ3n) is 2.02. The van der Waals surface area contributed by atoms with E-state index in [0.717, 1.165) is 0 Å². The van der Waals surface area contributed by atoms with E-state index in [4.69, 9.17) is 23.2 Å². The van der Waals surface area contributed by atoms with Gasteiger partial charge in [-0.05, 0) is 18.2 Å². The Morgan fingerprint density at radius 2 is 2.15 bits per heavy atom. The summed E-state index contributed by atoms with van der Waals surface area (Å²) in [5, 5.41) is 0.382. The van der Waals surface area contributed by atoms with E-state index in [1.165, 1.54) is 18.2 Å². The average molecular weight is 219 g/mol. The van der Waals surface area contributed by atoms with Crippen molar-refractivity contribution in [3.8, 4) is 0 Å². The van der Waals surface area contributed by atoms with Gasteiger partial charge in [0.15, 0.2) is 4.87 Å². The lowest BCUT2D eigenvalue weighted by Crippen LogP contribution is -2.33. The molecule has 0 aromatic carbocycles. The molecule has 2 rings (SSSR count). The van der Waals surface area contributed by atoms with Crippen molar-refractivity contribution in [2.24, 2.45) is 5.92 Å². The molecule has 0 aromatic heterocycles. The molecule has 5 heteroatoms. The van der Waals surface area contributed by atoms with Gasteiger partial charge in [0.1, 0.15) is 5.92 Å². The van der Waals surface area contributed by atoms with Gasteiger partial charge in [-0.25, -0.2) is 4.79 Å². The minimum absolute atomic E-state index is 0.382. The number of carbonyl (C=O) groups excluding carboxylic acids is 2. The van der Waals surface area contributed by atoms with Crippen molar-refractivity contribution in [1.82, 2.24) is 0 Å². The lowest BCUT2D eigenvalue weighted by atomic mass is 9.90. The van der Waals surface area contributed by atoms with Crippen molar-refractivity contribution in [3.63, 3.8) is 0 Å². The molecular formula is C8H4Cl2O3. The first-order valence-electron chi connectivity index (χ1n) is 3.55. The maximum atomic E-state index is 11.1. The van der Waals surface area contributed by atoms with Crippen molar-refractivity contribution in [2.45, 2.75) is 4.87 Å². The predicted molar refractivity (Wildman–Crippen MR) is 46.2 cm³/mol. The van der Waals surface area contributed by atoms with Crippen LogP contribution in [-0.4, -0.2) is 16.8 Å². The Kier molecular flexibility index (Phi) is 1.75. The first-order chi connectivity index (χ1) is 6.04. The van der Waals surface area contributed by atoms with Gasteiger partial charge in [-0.3, -0.25) is 4.79 Å². The Morgan fingerprint density at radius 3 is 2.85 bits per heavy atom. The molecule has 13 heavy (non-hydrogen) atoms. The third kappa shape index (κ3) is 1.11. The molecule has 0 spiro atoms. The second-order valence-electron chi connectivity index (χ2n) is 2.84. The van der Waals surface area contributed by atoms with Crippen LogP contribution in [0.5, 0.6) is 0 Å². The fraction of sp³-hybridized carbons (Fsp3) is 0.250. The van der Waals surface area contributed by atoms with Gasteiger partial charge >= 0.3 is 11.9 Å². The second-order valence-corrected chi connectivity index (χ2v) is 3.90. The molecule has 68 valence electrons. The molecule has 1 aliphatic heterocycles. The number of rotatable bonds is 0. The van der Waals surface area contributed by atoms with Gasteiger partial charge in [0.05, 0.1) is 0 Å². The van der Waals surface area contributed by atoms with Crippen molar-refractivity contribution < 1.29 is 14.3 Å². The van der Waals surface area contributed by atoms with Gasteiger partial charge in [0.25, 0.3) is 0 Å². The molecule has 1 heterocycles. The Hall–Kier alpha value is -0.800. The molecule has 2 atom stereocenters. The molecule has 2 unspecified atom stereocenters. The zero-order valence-corrected chi connectivity index (χ0v) is 7.80. The molecule has 2 aliphatic rings. The number of hydrogen-bond donors (Lipinski definition) is 0. The van der Waals surface area contributed by atoms with Crippen LogP contribution in [0.4, 0.5) is 0 Å². The van der Waals surface area contributed by atoms with Crippen LogP contribution in [0, 0.1) is 5.92 Å². The van der Waals surface area contributed by atoms with E-state index in [2.05, 4.69) is 4.74 Å². The number of allylic oxidation sites excluding steroid dienone is 2. The SMILES string of the molecule is O=C1OC(=O)C2(Cl)C=CC(Cl)=CC12. The van der Waals surface area contributed by atoms with E-state index < -0.39 is 22.7 Å². The first kappa shape index (κ1) is 8.78. The van der Waals surface area contributed by atoms with Gasteiger partial charge in [0.2, 0.25) is 0 Å². The fourth-order valence-electron chi connectivity index (χ4n) is 1.31. The molecule has 1 aliphatic carbocycles. The molecule has 0 amide bonds. The van der Waals surface area contributed by atoms with Crippen LogP contribution < -0.4 is 0 Å². The number of cyclic esters (lactones) is 2. The standard InChI is InChI=1S/C8H4Cl2O3/c9-4-1-2-8(10)5(3-4)6(11)13-7(8)12/h1-3,5H. The van der Waals surface area contributed by atoms with Gasteiger partial charge in [0, 0.05) is 5.03 Å². The van der Waals surface area contributed by atoms with Gasteiger partial charge in [-0.15, -0.1) is 11.6 Å². The summed E-state index contributed by atoms with van der Waals surface area (Å²) in [7, 11) is 0. The summed E-state index contributed by atoms with van der Waals surface area (Å²) < 4.78 is 4.40. The smallest absolute Gasteiger partial charge is 0.340 e. The number of carbonyl (C=O) groups is 2. The number of fused-ring (bicyclic) bond motifs is 1. The van der Waals surface area contributed by atoms with Crippen LogP contribution in [0.2, 0.25) is 0 Å². The number of halogens is 2. The molecule has 0 N–H and O–H groups in total. The van der Waals surface area contributed by atoms with E-state index in [-0.39, 0.29) is 0 Å². The molecule has 0 saturated carbocycles. The molecule has 1 fully saturated rings. The number of ether oxygens (including phenoxy) is 1. The lowest BCUT2D eigenvalue weighted by molar-refractivity contribution is -0.153. The molecule has 0 bridgehead atoms. The highest BCUT2D eigenvalue weighted by atomic mass is 35.5. The Balaban J connectivity index is 2.49. The monoisotopic (exact) mass is 218 g/mol. The summed E-state index contributed by atoms with van der Waals surface area (Å²) >= 11 is 11.6. The highest BCUT2D eigenvalue weighted by molar-refractivity contribution is 6.41. The topological polar surface area (TPSA) is 43.4 Å². The second kappa shape index (κ2) is 2.59. The summed E-state index contributed by atoms with van der Waals surface area (Å²) in [4.78, 5) is 20.9. The highest BCUT2D eigenvalue weighted by Gasteiger charge is 2.55. The molecule has 0 radical (unpaired) electrons. The van der Waals surface area contributed by atoms with Gasteiger partial charge in [-0.2, -0.15) is 0 Å². The zero-order chi connectivity index (χ0) is 9.64. The number of esters is 2. The van der Waals surface area contributed by atoms with Crippen molar-refractivity contribution in [1.29, 1.82) is 0 Å². The van der Waals surface area contributed by atoms with Crippen LogP contribution in [0.3, 0.4) is 0 Å². The van der Waals surface area contributed by atoms with Crippen molar-refractivity contribution in [2.75, 3.05) is 0 Å². The maximum Gasteiger partial charge on any atom is 0.340 e. The summed E-state index contributed by atoms with van der Waals surface area (Å²) in [6.45, 7) is 0. The van der Waals surface area contributed by atoms with Crippen LogP contribution in [0.1, 0.15) is 0 Å². The summed E-state index contributed by atoms with van der Waals surface area (Å²) in [6, 6.07) is 0. The largest absolute Gasteiger partial charge is 0.391 e. The zero-order valence-electron chi connectivity index (χ0n) is 6.29. The number of alkyl halides is 1. The molecule has 0 aromatic rings. The summed E-state index contributed by atoms with van der Waals surface area (Å²) in [5.41, 5.74) is 0. The van der Waals surface area contributed by atoms with E-state index in [9.17, 15) is 9.59 Å². The van der Waals surface area contributed by atoms with Crippen molar-refractivity contribution in [3.05, 3.63) is 23.3 Å². The lowest BCUT2D eigenvalue weighted by Gasteiger charge is -2.18. The van der Waals surface area contributed by atoms with Crippen LogP contribution in [0.15, 0.2) is 23.3 Å². The van der Waals surface area contributed by atoms with Gasteiger partial charge in [-0.1, -0.05) is 11.6 Å². The van der Waals surface area contributed by atoms with E-state index >= 15 is 0 Å². The minimum Gasteiger partial charge on any atom is -0.391 e. The Labute approximate surface area is 83.9 Å². The molecule has 3 nitrogen and oxygen atoms in total. The highest BCUT2D eigenvalue weighted by Crippen LogP contribution is 2.40. The summed E-state index contributed by atoms with van der Waals surface area (Å²) in [5.74, 6) is -2.18. The molecule has 1 saturated heterocycles. The van der Waals surface area contributed by atoms with Gasteiger partial charge < -0.3 is 4.74 Å². The maximum absolute atomic E-state index is 11.1. The van der Waals surface area contributed by atoms with Crippen LogP contribution in [-0.2, 0) is 14.3 Å².